The molecule has 0 aliphatic heterocycles. The van der Waals surface area contributed by atoms with E-state index in [1.165, 1.54) is 35.2 Å². The largest absolute Gasteiger partial charge is 2.00 e. The Morgan fingerprint density at radius 3 is 1.43 bits per heavy atom. The summed E-state index contributed by atoms with van der Waals surface area (Å²) in [4.78, 5) is 11.3. The first-order chi connectivity index (χ1) is 25.7. The zero-order valence-corrected chi connectivity index (χ0v) is 33.4. The molecule has 5 rings (SSSR count). The van der Waals surface area contributed by atoms with E-state index in [2.05, 4.69) is 130 Å². The Bertz CT molecular complexity index is 1300. The summed E-state index contributed by atoms with van der Waals surface area (Å²) in [5.41, 5.74) is 1.14. The van der Waals surface area contributed by atoms with Gasteiger partial charge in [0.1, 0.15) is 0 Å². The topological polar surface area (TPSA) is 66.4 Å². The number of aliphatic hydroxyl groups is 1. The maximum Gasteiger partial charge on any atom is 2.00 e. The molecule has 6 heteroatoms. The molecule has 0 saturated heterocycles. The summed E-state index contributed by atoms with van der Waals surface area (Å²) in [5.74, 6) is -0.388. The normalized spacial score (nSPS) is 13.3. The molecule has 281 valence electrons. The second-order valence-electron chi connectivity index (χ2n) is 12.6. The molecule has 0 bridgehead atoms. The van der Waals surface area contributed by atoms with Crippen LogP contribution in [0.5, 0.6) is 0 Å². The summed E-state index contributed by atoms with van der Waals surface area (Å²) in [7, 11) is -0.446. The second-order valence-corrected chi connectivity index (χ2v) is 14.8. The summed E-state index contributed by atoms with van der Waals surface area (Å²) in [6.45, 7) is 9.40. The first kappa shape index (κ1) is 48.2. The van der Waals surface area contributed by atoms with Crippen LogP contribution in [-0.4, -0.2) is 23.6 Å². The van der Waals surface area contributed by atoms with Gasteiger partial charge in [0.25, 0.3) is 0 Å². The summed E-state index contributed by atoms with van der Waals surface area (Å²) >= 11 is 0. The van der Waals surface area contributed by atoms with Gasteiger partial charge in [-0.05, 0) is 74.3 Å². The minimum atomic E-state index is -0.656. The van der Waals surface area contributed by atoms with Gasteiger partial charge < -0.3 is 14.6 Å². The van der Waals surface area contributed by atoms with Gasteiger partial charge in [-0.1, -0.05) is 187 Å². The van der Waals surface area contributed by atoms with Crippen molar-refractivity contribution >= 4 is 30.1 Å². The Morgan fingerprint density at radius 1 is 0.623 bits per heavy atom. The van der Waals surface area contributed by atoms with Crippen LogP contribution in [0.4, 0.5) is 0 Å². The van der Waals surface area contributed by atoms with E-state index in [1.54, 1.807) is 0 Å². The van der Waals surface area contributed by atoms with E-state index < -0.39 is 14.0 Å². The average Bonchev–Trinajstić information content (AvgIpc) is 3.81. The molecule has 1 N–H and O–H groups in total. The van der Waals surface area contributed by atoms with Gasteiger partial charge in [0, 0.05) is 6.10 Å². The van der Waals surface area contributed by atoms with Crippen molar-refractivity contribution in [2.24, 2.45) is 5.92 Å². The summed E-state index contributed by atoms with van der Waals surface area (Å²) < 4.78 is 13.6. The maximum absolute atomic E-state index is 11.3. The van der Waals surface area contributed by atoms with Crippen molar-refractivity contribution < 1.29 is 36.4 Å². The minimum absolute atomic E-state index is 0. The van der Waals surface area contributed by atoms with Crippen LogP contribution in [0, 0.1) is 44.7 Å². The van der Waals surface area contributed by atoms with Crippen LogP contribution in [0.15, 0.2) is 121 Å². The van der Waals surface area contributed by atoms with Crippen LogP contribution in [0.3, 0.4) is 0 Å². The van der Waals surface area contributed by atoms with Gasteiger partial charge in [0.05, 0.1) is 12.7 Å². The Morgan fingerprint density at radius 2 is 1.02 bits per heavy atom. The third-order valence-electron chi connectivity index (χ3n) is 8.55. The number of benzene rings is 4. The smallest absolute Gasteiger partial charge is 0.0622 e. The predicted octanol–water partition coefficient (Wildman–Crippen LogP) is 10.0. The molecule has 4 nitrogen and oxygen atoms in total. The fraction of sp³-hybridized carbons (Fsp3) is 0.340. The number of hydrogen-bond acceptors (Lipinski definition) is 3. The van der Waals surface area contributed by atoms with E-state index in [0.29, 0.717) is 13.0 Å². The van der Waals surface area contributed by atoms with E-state index in [1.807, 2.05) is 50.3 Å². The van der Waals surface area contributed by atoms with Gasteiger partial charge in [-0.25, -0.2) is 0 Å². The van der Waals surface area contributed by atoms with Crippen molar-refractivity contribution in [2.75, 3.05) is 0 Å². The first-order valence-corrected chi connectivity index (χ1v) is 20.0. The van der Waals surface area contributed by atoms with Crippen molar-refractivity contribution in [1.29, 1.82) is 0 Å². The quantitative estimate of drug-likeness (QED) is 0.0339. The van der Waals surface area contributed by atoms with Gasteiger partial charge in [-0.15, -0.1) is 5.92 Å². The third-order valence-corrected chi connectivity index (χ3v) is 11.0. The molecule has 1 saturated carbocycles. The van der Waals surface area contributed by atoms with Gasteiger partial charge in [-0.3, -0.25) is 6.29 Å². The fourth-order valence-corrected chi connectivity index (χ4v) is 8.04. The average molecular weight is 773 g/mol. The molecule has 5 radical (unpaired) electrons. The molecule has 0 aromatic heterocycles. The molecule has 0 heterocycles. The maximum atomic E-state index is 11.3. The molecule has 4 aromatic rings. The summed E-state index contributed by atoms with van der Waals surface area (Å²) in [5, 5.41) is 14.7. The van der Waals surface area contributed by atoms with Crippen LogP contribution in [0.2, 0.25) is 0 Å². The Labute approximate surface area is 333 Å². The minimum Gasteiger partial charge on any atom is -0.0622 e. The van der Waals surface area contributed by atoms with E-state index in [4.69, 9.17) is 9.39 Å². The number of ether oxygens (including phenoxy) is 1. The van der Waals surface area contributed by atoms with E-state index in [-0.39, 0.29) is 29.1 Å². The Kier molecular flexibility index (Phi) is 29.6. The van der Waals surface area contributed by atoms with Crippen LogP contribution in [-0.2, 0) is 37.9 Å². The van der Waals surface area contributed by atoms with Crippen LogP contribution in [0.25, 0.3) is 0 Å². The Balaban J connectivity index is 0.000000452. The number of hydrogen-bond donors (Lipinski definition) is 1. The monoisotopic (exact) mass is 772 g/mol. The Hall–Kier alpha value is -2.84. The molecule has 1 aliphatic carbocycles. The number of rotatable bonds is 19. The van der Waals surface area contributed by atoms with Crippen molar-refractivity contribution in [3.8, 4) is 0 Å². The van der Waals surface area contributed by atoms with Gasteiger partial charge in [0.15, 0.2) is 0 Å². The van der Waals surface area contributed by atoms with Crippen molar-refractivity contribution in [2.45, 2.75) is 96.9 Å². The molecule has 1 fully saturated rings. The molecule has 4 aromatic carbocycles. The molecular formula is C47H57FeO4P+. The van der Waals surface area contributed by atoms with E-state index in [9.17, 15) is 9.90 Å². The van der Waals surface area contributed by atoms with Crippen molar-refractivity contribution in [1.82, 2.24) is 0 Å². The fourth-order valence-electron chi connectivity index (χ4n) is 5.73. The molecule has 0 unspecified atom stereocenters. The second kappa shape index (κ2) is 32.6. The van der Waals surface area contributed by atoms with E-state index in [0.717, 1.165) is 44.1 Å². The van der Waals surface area contributed by atoms with Crippen LogP contribution >= 0.6 is 7.92 Å². The van der Waals surface area contributed by atoms with Crippen LogP contribution < -0.4 is 15.9 Å². The molecule has 1 aliphatic rings. The molecular weight excluding hydrogens is 715 g/mol. The first-order valence-electron chi connectivity index (χ1n) is 18.7. The van der Waals surface area contributed by atoms with Crippen molar-refractivity contribution in [3.63, 3.8) is 0 Å². The van der Waals surface area contributed by atoms with Gasteiger partial charge in [0.2, 0.25) is 0 Å². The van der Waals surface area contributed by atoms with Crippen LogP contribution in [0.1, 0.15) is 83.6 Å². The van der Waals surface area contributed by atoms with Gasteiger partial charge in [-0.2, -0.15) is 0 Å². The SMILES string of the molecule is CCCCCC[C@H]([C-]=O)[C@@H](O)C[C@H](CCCCC)OCc1ccccc1.[C-]#[O+].[CH]1[CH][CH][CH][CH]1.[Fe+2].c1ccc(P(c2ccccc2)c2ccccc2)cc1. The van der Waals surface area contributed by atoms with Crippen molar-refractivity contribution in [3.05, 3.63) is 166 Å². The zero-order valence-electron chi connectivity index (χ0n) is 31.4. The molecule has 3 atom stereocenters. The number of aliphatic hydroxyl groups excluding tert-OH is 1. The zero-order chi connectivity index (χ0) is 37.5. The summed E-state index contributed by atoms with van der Waals surface area (Å²) in [6.07, 6.45) is 21.5. The van der Waals surface area contributed by atoms with E-state index >= 15 is 0 Å². The standard InChI is InChI=1S/C23H37O3.C18H15P.C5H5.CO.Fe/c1-3-5-7-12-15-21(18-24)23(25)17-22(16-9-6-4-2)26-19-20-13-10-8-11-14-20;1-4-10-16(11-5-1)19(17-12-6-2-7-13-17)18-14-8-3-9-15-18;1-2-4-5-3-1;1-2;/h8,10-11,13-14,21-23,25H,3-7,9,12,15-17,19H2,1-2H3;1-15H;1-5H;;/q-1;;;;+2/t21-,22+,23+;;;;/m1..../s1. The third kappa shape index (κ3) is 21.0. The molecule has 0 spiro atoms. The summed E-state index contributed by atoms with van der Waals surface area (Å²) in [6, 6.07) is 42.4. The molecule has 0 amide bonds. The molecule has 53 heavy (non-hydrogen) atoms. The predicted molar refractivity (Wildman–Crippen MR) is 218 cm³/mol. The number of unbranched alkanes of at least 4 members (excludes halogenated alkanes) is 5. The number of carbonyl (C=O) groups excluding carboxylic acids is 1. The van der Waals surface area contributed by atoms with Gasteiger partial charge >= 0.3 is 28.4 Å².